The summed E-state index contributed by atoms with van der Waals surface area (Å²) in [7, 11) is 0. The predicted molar refractivity (Wildman–Crippen MR) is 147 cm³/mol. The summed E-state index contributed by atoms with van der Waals surface area (Å²) in [4.78, 5) is 36.6. The van der Waals surface area contributed by atoms with Crippen molar-refractivity contribution in [2.24, 2.45) is 16.3 Å². The molecular formula is C26H22BrCl2N3O2S. The molecular weight excluding hydrogens is 569 g/mol. The second-order valence-corrected chi connectivity index (χ2v) is 12.5. The average molecular weight is 591 g/mol. The van der Waals surface area contributed by atoms with Gasteiger partial charge in [0.1, 0.15) is 0 Å². The number of nitrogens with zero attached hydrogens (tertiary/aromatic N) is 2. The quantitative estimate of drug-likeness (QED) is 0.338. The van der Waals surface area contributed by atoms with Crippen LogP contribution in [0.25, 0.3) is 10.2 Å². The van der Waals surface area contributed by atoms with Gasteiger partial charge in [0.25, 0.3) is 0 Å². The molecule has 2 atom stereocenters. The van der Waals surface area contributed by atoms with Crippen molar-refractivity contribution in [1.82, 2.24) is 4.98 Å². The van der Waals surface area contributed by atoms with Crippen LogP contribution in [-0.4, -0.2) is 22.4 Å². The van der Waals surface area contributed by atoms with Gasteiger partial charge >= 0.3 is 0 Å². The molecule has 9 heteroatoms. The minimum atomic E-state index is -0.728. The fourth-order valence-electron chi connectivity index (χ4n) is 5.02. The third-order valence-corrected chi connectivity index (χ3v) is 8.74. The Morgan fingerprint density at radius 1 is 1.20 bits per heavy atom. The lowest BCUT2D eigenvalue weighted by Crippen LogP contribution is -2.41. The van der Waals surface area contributed by atoms with Gasteiger partial charge in [0.2, 0.25) is 5.91 Å². The summed E-state index contributed by atoms with van der Waals surface area (Å²) < 4.78 is 1.89. The van der Waals surface area contributed by atoms with Crippen LogP contribution < -0.4 is 5.32 Å². The third kappa shape index (κ3) is 4.59. The summed E-state index contributed by atoms with van der Waals surface area (Å²) in [5, 5.41) is 4.19. The zero-order valence-electron chi connectivity index (χ0n) is 19.3. The molecule has 1 amide bonds. The zero-order chi connectivity index (χ0) is 25.1. The molecule has 3 aromatic rings. The first kappa shape index (κ1) is 24.6. The lowest BCUT2D eigenvalue weighted by atomic mass is 9.66. The molecule has 0 saturated heterocycles. The number of hydrogen-bond acceptors (Lipinski definition) is 5. The fraction of sp³-hybridized carbons (Fsp3) is 0.308. The molecule has 180 valence electrons. The van der Waals surface area contributed by atoms with E-state index in [4.69, 9.17) is 28.2 Å². The van der Waals surface area contributed by atoms with Gasteiger partial charge in [-0.05, 0) is 48.6 Å². The molecule has 0 bridgehead atoms. The van der Waals surface area contributed by atoms with Crippen LogP contribution in [0.3, 0.4) is 0 Å². The molecule has 5 nitrogen and oxygen atoms in total. The van der Waals surface area contributed by atoms with E-state index in [1.54, 1.807) is 12.1 Å². The maximum Gasteiger partial charge on any atom is 0.235 e. The molecule has 0 radical (unpaired) electrons. The number of halogens is 3. The number of nitrogens with one attached hydrogen (secondary N) is 1. The van der Waals surface area contributed by atoms with E-state index in [-0.39, 0.29) is 17.1 Å². The van der Waals surface area contributed by atoms with E-state index in [2.05, 4.69) is 40.1 Å². The van der Waals surface area contributed by atoms with Crippen LogP contribution in [-0.2, 0) is 9.59 Å². The van der Waals surface area contributed by atoms with E-state index in [9.17, 15) is 9.59 Å². The van der Waals surface area contributed by atoms with Gasteiger partial charge in [-0.15, -0.1) is 0 Å². The molecule has 5 rings (SSSR count). The number of carbonyl (C=O) groups is 2. The summed E-state index contributed by atoms with van der Waals surface area (Å²) in [6.07, 6.45) is 1.04. The topological polar surface area (TPSA) is 71.4 Å². The smallest absolute Gasteiger partial charge is 0.235 e. The fourth-order valence-corrected chi connectivity index (χ4v) is 6.86. The molecule has 2 aromatic carbocycles. The van der Waals surface area contributed by atoms with Crippen molar-refractivity contribution in [2.45, 2.75) is 39.5 Å². The number of rotatable bonds is 3. The molecule has 2 aliphatic rings. The van der Waals surface area contributed by atoms with E-state index in [1.165, 1.54) is 11.3 Å². The number of allylic oxidation sites excluding steroid dienone is 2. The zero-order valence-corrected chi connectivity index (χ0v) is 23.2. The monoisotopic (exact) mass is 589 g/mol. The number of aromatic nitrogens is 1. The van der Waals surface area contributed by atoms with E-state index in [0.717, 1.165) is 20.4 Å². The Bertz CT molecular complexity index is 1460. The van der Waals surface area contributed by atoms with Crippen LogP contribution in [0.2, 0.25) is 10.0 Å². The highest BCUT2D eigenvalue weighted by Gasteiger charge is 2.46. The predicted octanol–water partition coefficient (Wildman–Crippen LogP) is 7.82. The van der Waals surface area contributed by atoms with Crippen LogP contribution in [0.5, 0.6) is 0 Å². The van der Waals surface area contributed by atoms with E-state index >= 15 is 0 Å². The van der Waals surface area contributed by atoms with Crippen LogP contribution in [0.4, 0.5) is 5.13 Å². The number of ketones is 1. The van der Waals surface area contributed by atoms with Gasteiger partial charge in [-0.1, -0.05) is 76.4 Å². The first-order valence-electron chi connectivity index (χ1n) is 11.2. The number of benzene rings is 2. The standard InChI is InChI=1S/C26H22BrCl2N3O2S/c1-12-20(24(34)32-25-31-16-8-7-13(27)9-19(16)35-25)21(14-5-4-6-15(28)23(14)29)22-17(30-12)10-26(2,3)11-18(22)33/h4-9,20-21H,10-11H2,1-3H3,(H,31,32,34)/t20?,21-/m1/s1. The van der Waals surface area contributed by atoms with E-state index < -0.39 is 11.8 Å². The van der Waals surface area contributed by atoms with Crippen molar-refractivity contribution in [3.8, 4) is 0 Å². The first-order chi connectivity index (χ1) is 16.5. The molecule has 1 unspecified atom stereocenters. The molecule has 0 spiro atoms. The molecule has 35 heavy (non-hydrogen) atoms. The number of thiazole rings is 1. The Kier molecular flexibility index (Phi) is 6.41. The van der Waals surface area contributed by atoms with Crippen molar-refractivity contribution in [3.63, 3.8) is 0 Å². The number of carbonyl (C=O) groups excluding carboxylic acids is 2. The molecule has 1 aliphatic carbocycles. The maximum atomic E-state index is 13.8. The van der Waals surface area contributed by atoms with Crippen LogP contribution in [0.15, 0.2) is 57.1 Å². The highest BCUT2D eigenvalue weighted by molar-refractivity contribution is 9.10. The Hall–Kier alpha value is -2.06. The van der Waals surface area contributed by atoms with E-state index in [1.807, 2.05) is 31.2 Å². The molecule has 0 fully saturated rings. The average Bonchev–Trinajstić information content (AvgIpc) is 3.14. The summed E-state index contributed by atoms with van der Waals surface area (Å²) in [5.74, 6) is -1.60. The number of Topliss-reactive ketones (excluding diaryl/α,β-unsaturated/α-hetero) is 1. The highest BCUT2D eigenvalue weighted by Crippen LogP contribution is 2.49. The van der Waals surface area contributed by atoms with Crippen LogP contribution in [0.1, 0.15) is 45.1 Å². The number of aliphatic imine (C=N–C) groups is 1. The van der Waals surface area contributed by atoms with Gasteiger partial charge in [-0.3, -0.25) is 14.6 Å². The Morgan fingerprint density at radius 2 is 1.97 bits per heavy atom. The van der Waals surface area contributed by atoms with E-state index in [0.29, 0.717) is 44.9 Å². The van der Waals surface area contributed by atoms with Gasteiger partial charge in [0.05, 0.1) is 26.2 Å². The minimum absolute atomic E-state index is 0.00354. The van der Waals surface area contributed by atoms with Crippen LogP contribution >= 0.6 is 50.5 Å². The number of fused-ring (bicyclic) bond motifs is 1. The molecule has 1 N–H and O–H groups in total. The SMILES string of the molecule is CC1=NC2=C(C(=O)CC(C)(C)C2)[C@H](c2cccc(Cl)c2Cl)C1C(=O)Nc1nc2ccc(Br)cc2s1. The summed E-state index contributed by atoms with van der Waals surface area (Å²) in [6.45, 7) is 5.96. The van der Waals surface area contributed by atoms with Gasteiger partial charge < -0.3 is 5.32 Å². The summed E-state index contributed by atoms with van der Waals surface area (Å²) >= 11 is 17.9. The van der Waals surface area contributed by atoms with Crippen LogP contribution in [0, 0.1) is 11.3 Å². The first-order valence-corrected chi connectivity index (χ1v) is 13.5. The normalized spacial score (nSPS) is 21.7. The van der Waals surface area contributed by atoms with Crippen molar-refractivity contribution in [1.29, 1.82) is 0 Å². The Balaban J connectivity index is 1.60. The van der Waals surface area contributed by atoms with Gasteiger partial charge in [0.15, 0.2) is 10.9 Å². The molecule has 2 heterocycles. The van der Waals surface area contributed by atoms with Crippen molar-refractivity contribution < 1.29 is 9.59 Å². The molecule has 0 saturated carbocycles. The van der Waals surface area contributed by atoms with Gasteiger partial charge in [0, 0.05) is 33.8 Å². The largest absolute Gasteiger partial charge is 0.301 e. The van der Waals surface area contributed by atoms with Crippen molar-refractivity contribution >= 4 is 83.2 Å². The number of anilines is 1. The number of hydrogen-bond donors (Lipinski definition) is 1. The lowest BCUT2D eigenvalue weighted by Gasteiger charge is -2.39. The number of amides is 1. The summed E-state index contributed by atoms with van der Waals surface area (Å²) in [5.41, 5.74) is 3.18. The molecule has 1 aromatic heterocycles. The van der Waals surface area contributed by atoms with Crippen molar-refractivity contribution in [2.75, 3.05) is 5.32 Å². The second-order valence-electron chi connectivity index (χ2n) is 9.77. The Morgan fingerprint density at radius 3 is 2.74 bits per heavy atom. The maximum absolute atomic E-state index is 13.8. The minimum Gasteiger partial charge on any atom is -0.301 e. The van der Waals surface area contributed by atoms with Gasteiger partial charge in [-0.2, -0.15) is 0 Å². The third-order valence-electron chi connectivity index (χ3n) is 6.48. The molecule has 1 aliphatic heterocycles. The summed E-state index contributed by atoms with van der Waals surface area (Å²) in [6, 6.07) is 11.1. The Labute approximate surface area is 225 Å². The second kappa shape index (κ2) is 9.11. The van der Waals surface area contributed by atoms with Gasteiger partial charge in [-0.25, -0.2) is 4.98 Å². The highest BCUT2D eigenvalue weighted by atomic mass is 79.9. The lowest BCUT2D eigenvalue weighted by molar-refractivity contribution is -0.119. The van der Waals surface area contributed by atoms with Crippen molar-refractivity contribution in [3.05, 3.63) is 67.7 Å².